The third-order valence-corrected chi connectivity index (χ3v) is 6.45. The molecule has 7 nitrogen and oxygen atoms in total. The van der Waals surface area contributed by atoms with Crippen LogP contribution in [-0.2, 0) is 30.4 Å². The number of ether oxygens (including phenoxy) is 1. The molecule has 1 atom stereocenters. The molecule has 1 N–H and O–H groups in total. The second kappa shape index (κ2) is 8.20. The van der Waals surface area contributed by atoms with E-state index >= 15 is 0 Å². The van der Waals surface area contributed by atoms with Crippen molar-refractivity contribution in [1.29, 1.82) is 0 Å². The monoisotopic (exact) mass is 411 g/mol. The molecule has 0 fully saturated rings. The molecular formula is C18H21NO6S2. The fourth-order valence-electron chi connectivity index (χ4n) is 2.46. The van der Waals surface area contributed by atoms with E-state index in [0.29, 0.717) is 16.7 Å². The first kappa shape index (κ1) is 21.1. The molecule has 0 saturated carbocycles. The molecule has 2 aromatic rings. The summed E-state index contributed by atoms with van der Waals surface area (Å²) in [6.45, 7) is 1.67. The second-order valence-electron chi connectivity index (χ2n) is 6.13. The first-order valence-corrected chi connectivity index (χ1v) is 11.5. The Labute approximate surface area is 159 Å². The van der Waals surface area contributed by atoms with Crippen molar-refractivity contribution >= 4 is 25.8 Å². The summed E-state index contributed by atoms with van der Waals surface area (Å²) in [5, 5.41) is 0. The van der Waals surface area contributed by atoms with Crippen LogP contribution in [0.3, 0.4) is 0 Å². The Morgan fingerprint density at radius 3 is 2.04 bits per heavy atom. The highest BCUT2D eigenvalue weighted by atomic mass is 32.2. The highest BCUT2D eigenvalue weighted by Crippen LogP contribution is 2.18. The molecule has 2 rings (SSSR count). The number of sulfone groups is 1. The lowest BCUT2D eigenvalue weighted by Crippen LogP contribution is -2.28. The quantitative estimate of drug-likeness (QED) is 0.699. The first-order valence-electron chi connectivity index (χ1n) is 7.99. The Morgan fingerprint density at radius 2 is 1.56 bits per heavy atom. The molecule has 0 radical (unpaired) electrons. The Balaban J connectivity index is 2.08. The predicted molar refractivity (Wildman–Crippen MR) is 102 cm³/mol. The van der Waals surface area contributed by atoms with Crippen LogP contribution in [0.1, 0.15) is 34.5 Å². The van der Waals surface area contributed by atoms with Crippen LogP contribution in [0, 0.1) is 0 Å². The van der Waals surface area contributed by atoms with E-state index in [9.17, 15) is 21.6 Å². The van der Waals surface area contributed by atoms with Crippen LogP contribution in [0.15, 0.2) is 53.4 Å². The van der Waals surface area contributed by atoms with Gasteiger partial charge in [-0.3, -0.25) is 0 Å². The number of carbonyl (C=O) groups is 1. The molecule has 0 bridgehead atoms. The second-order valence-corrected chi connectivity index (χ2v) is 9.90. The molecule has 0 saturated heterocycles. The zero-order chi connectivity index (χ0) is 20.2. The number of rotatable bonds is 7. The van der Waals surface area contributed by atoms with Gasteiger partial charge in [0, 0.05) is 12.3 Å². The summed E-state index contributed by atoms with van der Waals surface area (Å²) in [5.74, 6) is -0.742. The van der Waals surface area contributed by atoms with E-state index in [1.54, 1.807) is 31.2 Å². The van der Waals surface area contributed by atoms with E-state index in [1.165, 1.54) is 31.4 Å². The minimum absolute atomic E-state index is 0.173. The Morgan fingerprint density at radius 1 is 1.00 bits per heavy atom. The van der Waals surface area contributed by atoms with Gasteiger partial charge < -0.3 is 4.74 Å². The number of sulfonamides is 1. The van der Waals surface area contributed by atoms with Gasteiger partial charge in [-0.1, -0.05) is 24.3 Å². The standard InChI is InChI=1S/C18H21NO6S2/c1-13(15-8-10-17(11-9-15)26(3,21)22)19-27(23,24)12-14-4-6-16(7-5-14)18(20)25-2/h4-11,13,19H,12H2,1-3H3/t13-/m1/s1. The number of hydrogen-bond donors (Lipinski definition) is 1. The summed E-state index contributed by atoms with van der Waals surface area (Å²) in [5.41, 5.74) is 1.51. The average Bonchev–Trinajstić information content (AvgIpc) is 2.60. The van der Waals surface area contributed by atoms with Crippen LogP contribution in [0.25, 0.3) is 0 Å². The minimum Gasteiger partial charge on any atom is -0.465 e. The van der Waals surface area contributed by atoms with Crippen molar-refractivity contribution in [1.82, 2.24) is 4.72 Å². The van der Waals surface area contributed by atoms with E-state index < -0.39 is 31.9 Å². The SMILES string of the molecule is COC(=O)c1ccc(CS(=O)(=O)N[C@H](C)c2ccc(S(C)(=O)=O)cc2)cc1. The average molecular weight is 412 g/mol. The van der Waals surface area contributed by atoms with Gasteiger partial charge in [-0.25, -0.2) is 26.4 Å². The summed E-state index contributed by atoms with van der Waals surface area (Å²) < 4.78 is 54.9. The normalized spacial score (nSPS) is 13.1. The molecule has 146 valence electrons. The molecule has 0 unspecified atom stereocenters. The van der Waals surface area contributed by atoms with E-state index in [1.807, 2.05) is 0 Å². The largest absolute Gasteiger partial charge is 0.465 e. The topological polar surface area (TPSA) is 107 Å². The van der Waals surface area contributed by atoms with E-state index in [2.05, 4.69) is 9.46 Å². The number of nitrogens with one attached hydrogen (secondary N) is 1. The van der Waals surface area contributed by atoms with E-state index in [-0.39, 0.29) is 10.6 Å². The van der Waals surface area contributed by atoms with E-state index in [0.717, 1.165) is 6.26 Å². The maximum absolute atomic E-state index is 12.4. The molecule has 0 spiro atoms. The Bertz CT molecular complexity index is 1010. The van der Waals surface area contributed by atoms with Crippen molar-refractivity contribution in [2.45, 2.75) is 23.6 Å². The smallest absolute Gasteiger partial charge is 0.337 e. The van der Waals surface area contributed by atoms with Crippen molar-refractivity contribution in [2.24, 2.45) is 0 Å². The molecule has 0 aromatic heterocycles. The number of carbonyl (C=O) groups excluding carboxylic acids is 1. The lowest BCUT2D eigenvalue weighted by atomic mass is 10.1. The van der Waals surface area contributed by atoms with Crippen molar-refractivity contribution in [3.8, 4) is 0 Å². The van der Waals surface area contributed by atoms with Crippen molar-refractivity contribution < 1.29 is 26.4 Å². The zero-order valence-corrected chi connectivity index (χ0v) is 16.8. The molecule has 0 heterocycles. The number of methoxy groups -OCH3 is 1. The van der Waals surface area contributed by atoms with Gasteiger partial charge in [-0.05, 0) is 42.3 Å². The molecule has 0 aliphatic heterocycles. The maximum Gasteiger partial charge on any atom is 0.337 e. The third-order valence-electron chi connectivity index (χ3n) is 3.90. The highest BCUT2D eigenvalue weighted by molar-refractivity contribution is 7.90. The lowest BCUT2D eigenvalue weighted by molar-refractivity contribution is 0.0600. The summed E-state index contributed by atoms with van der Waals surface area (Å²) in [6, 6.07) is 11.6. The van der Waals surface area contributed by atoms with Crippen LogP contribution in [0.2, 0.25) is 0 Å². The predicted octanol–water partition coefficient (Wildman–Crippen LogP) is 2.06. The number of esters is 1. The van der Waals surface area contributed by atoms with Gasteiger partial charge >= 0.3 is 5.97 Å². The summed E-state index contributed by atoms with van der Waals surface area (Å²) >= 11 is 0. The van der Waals surface area contributed by atoms with Gasteiger partial charge in [-0.2, -0.15) is 0 Å². The van der Waals surface area contributed by atoms with Gasteiger partial charge in [0.1, 0.15) is 0 Å². The summed E-state index contributed by atoms with van der Waals surface area (Å²) in [7, 11) is -5.68. The molecule has 0 aliphatic carbocycles. The van der Waals surface area contributed by atoms with Gasteiger partial charge in [0.25, 0.3) is 0 Å². The number of hydrogen-bond acceptors (Lipinski definition) is 6. The van der Waals surface area contributed by atoms with Crippen LogP contribution in [0.5, 0.6) is 0 Å². The van der Waals surface area contributed by atoms with Gasteiger partial charge in [-0.15, -0.1) is 0 Å². The van der Waals surface area contributed by atoms with Gasteiger partial charge in [0.2, 0.25) is 10.0 Å². The highest BCUT2D eigenvalue weighted by Gasteiger charge is 2.18. The molecule has 0 amide bonds. The molecule has 0 aliphatic rings. The lowest BCUT2D eigenvalue weighted by Gasteiger charge is -2.15. The Hall–Kier alpha value is -2.23. The van der Waals surface area contributed by atoms with E-state index in [4.69, 9.17) is 0 Å². The molecule has 9 heteroatoms. The fourth-order valence-corrected chi connectivity index (χ4v) is 4.48. The van der Waals surface area contributed by atoms with Crippen LogP contribution < -0.4 is 4.72 Å². The number of benzene rings is 2. The molecule has 27 heavy (non-hydrogen) atoms. The van der Waals surface area contributed by atoms with Gasteiger partial charge in [0.15, 0.2) is 9.84 Å². The van der Waals surface area contributed by atoms with Crippen molar-refractivity contribution in [3.05, 3.63) is 65.2 Å². The maximum atomic E-state index is 12.4. The Kier molecular flexibility index (Phi) is 6.40. The van der Waals surface area contributed by atoms with Crippen molar-refractivity contribution in [2.75, 3.05) is 13.4 Å². The van der Waals surface area contributed by atoms with Crippen LogP contribution in [0.4, 0.5) is 0 Å². The van der Waals surface area contributed by atoms with Crippen LogP contribution in [-0.4, -0.2) is 36.2 Å². The summed E-state index contributed by atoms with van der Waals surface area (Å²) in [6.07, 6.45) is 1.11. The van der Waals surface area contributed by atoms with Crippen LogP contribution >= 0.6 is 0 Å². The fraction of sp³-hybridized carbons (Fsp3) is 0.278. The summed E-state index contributed by atoms with van der Waals surface area (Å²) in [4.78, 5) is 11.6. The molecular weight excluding hydrogens is 390 g/mol. The zero-order valence-electron chi connectivity index (χ0n) is 15.2. The molecule has 2 aromatic carbocycles. The minimum atomic E-state index is -3.64. The third kappa shape index (κ3) is 5.88. The first-order chi connectivity index (χ1) is 12.5. The van der Waals surface area contributed by atoms with Crippen molar-refractivity contribution in [3.63, 3.8) is 0 Å². The van der Waals surface area contributed by atoms with Gasteiger partial charge in [0.05, 0.1) is 23.3 Å².